The van der Waals surface area contributed by atoms with Crippen LogP contribution in [0.3, 0.4) is 0 Å². The minimum atomic E-state index is -0.386. The Morgan fingerprint density at radius 1 is 1.00 bits per heavy atom. The van der Waals surface area contributed by atoms with Gasteiger partial charge in [-0.1, -0.05) is 11.6 Å². The summed E-state index contributed by atoms with van der Waals surface area (Å²) in [6, 6.07) is 9.33. The van der Waals surface area contributed by atoms with E-state index in [1.54, 1.807) is 36.4 Å². The number of rotatable bonds is 5. The highest BCUT2D eigenvalue weighted by molar-refractivity contribution is 6.32. The number of amides is 3. The average Bonchev–Trinajstić information content (AvgIpc) is 3.01. The van der Waals surface area contributed by atoms with Crippen LogP contribution in [0.15, 0.2) is 36.4 Å². The van der Waals surface area contributed by atoms with Crippen molar-refractivity contribution in [2.45, 2.75) is 12.8 Å². The first kappa shape index (κ1) is 18.7. The summed E-state index contributed by atoms with van der Waals surface area (Å²) in [7, 11) is 2.94. The molecule has 0 unspecified atom stereocenters. The molecule has 0 saturated carbocycles. The van der Waals surface area contributed by atoms with Crippen LogP contribution in [0.4, 0.5) is 11.4 Å². The Hall–Kier alpha value is -3.06. The predicted octanol–water partition coefficient (Wildman–Crippen LogP) is 3.26. The van der Waals surface area contributed by atoms with E-state index < -0.39 is 0 Å². The Kier molecular flexibility index (Phi) is 5.32. The zero-order chi connectivity index (χ0) is 19.6. The molecule has 27 heavy (non-hydrogen) atoms. The van der Waals surface area contributed by atoms with E-state index in [1.165, 1.54) is 14.2 Å². The molecule has 1 aliphatic rings. The highest BCUT2D eigenvalue weighted by atomic mass is 35.5. The van der Waals surface area contributed by atoms with Crippen molar-refractivity contribution < 1.29 is 23.9 Å². The van der Waals surface area contributed by atoms with E-state index in [2.05, 4.69) is 5.32 Å². The van der Waals surface area contributed by atoms with Crippen molar-refractivity contribution in [2.24, 2.45) is 0 Å². The van der Waals surface area contributed by atoms with Gasteiger partial charge in [0.15, 0.2) is 0 Å². The topological polar surface area (TPSA) is 84.9 Å². The molecule has 1 fully saturated rings. The Morgan fingerprint density at radius 3 is 2.15 bits per heavy atom. The van der Waals surface area contributed by atoms with Gasteiger partial charge >= 0.3 is 0 Å². The Labute approximate surface area is 160 Å². The van der Waals surface area contributed by atoms with Gasteiger partial charge in [-0.25, -0.2) is 0 Å². The van der Waals surface area contributed by atoms with E-state index in [4.69, 9.17) is 21.1 Å². The summed E-state index contributed by atoms with van der Waals surface area (Å²) in [4.78, 5) is 37.3. The number of ether oxygens (including phenoxy) is 2. The summed E-state index contributed by atoms with van der Waals surface area (Å²) in [5, 5.41) is 3.09. The number of imide groups is 1. The fraction of sp³-hybridized carbons (Fsp3) is 0.211. The van der Waals surface area contributed by atoms with Gasteiger partial charge < -0.3 is 14.8 Å². The zero-order valence-electron chi connectivity index (χ0n) is 14.7. The van der Waals surface area contributed by atoms with E-state index in [1.807, 2.05) is 0 Å². The van der Waals surface area contributed by atoms with Crippen molar-refractivity contribution in [1.29, 1.82) is 0 Å². The predicted molar refractivity (Wildman–Crippen MR) is 101 cm³/mol. The molecule has 1 N–H and O–H groups in total. The number of carbonyl (C=O) groups excluding carboxylic acids is 3. The summed E-state index contributed by atoms with van der Waals surface area (Å²) in [5.41, 5.74) is 1.20. The third-order valence-electron chi connectivity index (χ3n) is 4.16. The second kappa shape index (κ2) is 7.67. The molecule has 1 saturated heterocycles. The van der Waals surface area contributed by atoms with Crippen LogP contribution >= 0.6 is 11.6 Å². The van der Waals surface area contributed by atoms with Crippen LogP contribution in [0.25, 0.3) is 0 Å². The van der Waals surface area contributed by atoms with Gasteiger partial charge in [0.05, 0.1) is 30.6 Å². The number of nitrogens with zero attached hydrogens (tertiary/aromatic N) is 1. The second-order valence-electron chi connectivity index (χ2n) is 5.81. The van der Waals surface area contributed by atoms with E-state index >= 15 is 0 Å². The number of carbonyl (C=O) groups is 3. The molecule has 0 radical (unpaired) electrons. The number of hydrogen-bond acceptors (Lipinski definition) is 5. The average molecular weight is 389 g/mol. The van der Waals surface area contributed by atoms with Crippen LogP contribution in [-0.4, -0.2) is 31.9 Å². The molecule has 1 heterocycles. The first-order valence-corrected chi connectivity index (χ1v) is 8.51. The monoisotopic (exact) mass is 388 g/mol. The summed E-state index contributed by atoms with van der Waals surface area (Å²) in [5.74, 6) is -0.0816. The summed E-state index contributed by atoms with van der Waals surface area (Å²) >= 11 is 6.06. The van der Waals surface area contributed by atoms with Crippen LogP contribution in [0, 0.1) is 0 Å². The van der Waals surface area contributed by atoms with Gasteiger partial charge in [-0.05, 0) is 24.3 Å². The van der Waals surface area contributed by atoms with Crippen LogP contribution in [0.2, 0.25) is 5.02 Å². The number of benzene rings is 2. The molecule has 8 heteroatoms. The number of halogens is 1. The van der Waals surface area contributed by atoms with E-state index in [0.717, 1.165) is 4.90 Å². The van der Waals surface area contributed by atoms with E-state index in [-0.39, 0.29) is 30.6 Å². The molecule has 1 aliphatic heterocycles. The second-order valence-corrected chi connectivity index (χ2v) is 6.22. The minimum absolute atomic E-state index is 0.208. The maximum Gasteiger partial charge on any atom is 0.255 e. The van der Waals surface area contributed by atoms with Gasteiger partial charge in [-0.2, -0.15) is 0 Å². The van der Waals surface area contributed by atoms with Crippen molar-refractivity contribution in [3.63, 3.8) is 0 Å². The fourth-order valence-electron chi connectivity index (χ4n) is 2.78. The van der Waals surface area contributed by atoms with Crippen molar-refractivity contribution >= 4 is 40.7 Å². The standard InChI is InChI=1S/C19H17ClN2O5/c1-26-15-10-14(16(27-2)9-13(15)20)21-19(25)11-3-5-12(6-4-11)22-17(23)7-8-18(22)24/h3-6,9-10H,7-8H2,1-2H3,(H,21,25). The third-order valence-corrected chi connectivity index (χ3v) is 4.46. The van der Waals surface area contributed by atoms with Crippen LogP contribution in [0.5, 0.6) is 11.5 Å². The van der Waals surface area contributed by atoms with Crippen molar-refractivity contribution in [2.75, 3.05) is 24.4 Å². The Bertz CT molecular complexity index is 895. The van der Waals surface area contributed by atoms with Gasteiger partial charge in [0.1, 0.15) is 11.5 Å². The van der Waals surface area contributed by atoms with Gasteiger partial charge in [0.2, 0.25) is 11.8 Å². The molecule has 3 rings (SSSR count). The Balaban J connectivity index is 1.81. The molecule has 2 aromatic rings. The first-order chi connectivity index (χ1) is 12.9. The first-order valence-electron chi connectivity index (χ1n) is 8.13. The lowest BCUT2D eigenvalue weighted by Gasteiger charge is -2.15. The lowest BCUT2D eigenvalue weighted by Crippen LogP contribution is -2.28. The fourth-order valence-corrected chi connectivity index (χ4v) is 3.01. The molecule has 2 aromatic carbocycles. The number of anilines is 2. The summed E-state index contributed by atoms with van der Waals surface area (Å²) in [6.45, 7) is 0. The summed E-state index contributed by atoms with van der Waals surface area (Å²) < 4.78 is 10.4. The smallest absolute Gasteiger partial charge is 0.255 e. The molecular formula is C19H17ClN2O5. The highest BCUT2D eigenvalue weighted by Crippen LogP contribution is 2.36. The normalized spacial score (nSPS) is 13.7. The lowest BCUT2D eigenvalue weighted by molar-refractivity contribution is -0.121. The van der Waals surface area contributed by atoms with Crippen molar-refractivity contribution in [1.82, 2.24) is 0 Å². The third kappa shape index (κ3) is 3.73. The van der Waals surface area contributed by atoms with Crippen molar-refractivity contribution in [3.05, 3.63) is 47.0 Å². The quantitative estimate of drug-likeness (QED) is 0.794. The van der Waals surface area contributed by atoms with E-state index in [9.17, 15) is 14.4 Å². The molecule has 0 aromatic heterocycles. The molecule has 7 nitrogen and oxygen atoms in total. The van der Waals surface area contributed by atoms with Gasteiger partial charge in [-0.15, -0.1) is 0 Å². The van der Waals surface area contributed by atoms with Gasteiger partial charge in [-0.3, -0.25) is 19.3 Å². The number of hydrogen-bond donors (Lipinski definition) is 1. The molecule has 0 aliphatic carbocycles. The lowest BCUT2D eigenvalue weighted by atomic mass is 10.1. The molecule has 0 atom stereocenters. The van der Waals surface area contributed by atoms with Crippen molar-refractivity contribution in [3.8, 4) is 11.5 Å². The SMILES string of the molecule is COc1cc(NC(=O)c2ccc(N3C(=O)CCC3=O)cc2)c(OC)cc1Cl. The molecular weight excluding hydrogens is 372 g/mol. The maximum absolute atomic E-state index is 12.5. The molecule has 0 bridgehead atoms. The van der Waals surface area contributed by atoms with Gasteiger partial charge in [0, 0.05) is 30.5 Å². The van der Waals surface area contributed by atoms with Crippen LogP contribution in [0.1, 0.15) is 23.2 Å². The van der Waals surface area contributed by atoms with Gasteiger partial charge in [0.25, 0.3) is 5.91 Å². The molecule has 3 amide bonds. The zero-order valence-corrected chi connectivity index (χ0v) is 15.5. The largest absolute Gasteiger partial charge is 0.495 e. The van der Waals surface area contributed by atoms with Crippen LogP contribution < -0.4 is 19.7 Å². The van der Waals surface area contributed by atoms with E-state index in [0.29, 0.717) is 33.5 Å². The highest BCUT2D eigenvalue weighted by Gasteiger charge is 2.30. The maximum atomic E-state index is 12.5. The van der Waals surface area contributed by atoms with Crippen LogP contribution in [-0.2, 0) is 9.59 Å². The molecule has 140 valence electrons. The Morgan fingerprint density at radius 2 is 1.59 bits per heavy atom. The number of nitrogens with one attached hydrogen (secondary N) is 1. The minimum Gasteiger partial charge on any atom is -0.495 e. The molecule has 0 spiro atoms. The summed E-state index contributed by atoms with van der Waals surface area (Å²) in [6.07, 6.45) is 0.415. The number of methoxy groups -OCH3 is 2.